The molecule has 0 unspecified atom stereocenters. The largest absolute Gasteiger partial charge is 0.505 e. The zero-order valence-electron chi connectivity index (χ0n) is 13.2. The number of carbonyl (C=O) groups is 2. The van der Waals surface area contributed by atoms with Gasteiger partial charge in [0.2, 0.25) is 0 Å². The Bertz CT molecular complexity index is 920. The van der Waals surface area contributed by atoms with Crippen LogP contribution in [0.5, 0.6) is 0 Å². The van der Waals surface area contributed by atoms with Crippen molar-refractivity contribution < 1.29 is 19.4 Å². The molecule has 0 atom stereocenters. The van der Waals surface area contributed by atoms with E-state index in [4.69, 9.17) is 16.7 Å². The van der Waals surface area contributed by atoms with E-state index >= 15 is 0 Å². The lowest BCUT2D eigenvalue weighted by atomic mass is 10.0. The Morgan fingerprint density at radius 3 is 2.58 bits per heavy atom. The number of carboxylic acid groups (broad SMARTS) is 1. The summed E-state index contributed by atoms with van der Waals surface area (Å²) in [6.45, 7) is 0.0568. The van der Waals surface area contributed by atoms with Crippen LogP contribution in [0.15, 0.2) is 39.3 Å². The third-order valence-corrected chi connectivity index (χ3v) is 5.47. The number of anilines is 1. The van der Waals surface area contributed by atoms with Gasteiger partial charge < -0.3 is 15.2 Å². The molecule has 2 aromatic carbocycles. The van der Waals surface area contributed by atoms with Gasteiger partial charge in [0.05, 0.1) is 6.61 Å². The van der Waals surface area contributed by atoms with E-state index in [1.54, 1.807) is 24.3 Å². The predicted molar refractivity (Wildman–Crippen MR) is 107 cm³/mol. The van der Waals surface area contributed by atoms with Gasteiger partial charge in [-0.15, -0.1) is 0 Å². The molecule has 8 heteroatoms. The minimum absolute atomic E-state index is 0.0568. The number of hydrogen-bond donors (Lipinski definition) is 2. The maximum absolute atomic E-state index is 12.3. The highest BCUT2D eigenvalue weighted by molar-refractivity contribution is 9.11. The van der Waals surface area contributed by atoms with Crippen LogP contribution in [0, 0.1) is 0 Å². The second-order valence-electron chi connectivity index (χ2n) is 5.53. The fourth-order valence-corrected chi connectivity index (χ4v) is 4.45. The van der Waals surface area contributed by atoms with Crippen molar-refractivity contribution in [3.63, 3.8) is 0 Å². The molecule has 0 fully saturated rings. The summed E-state index contributed by atoms with van der Waals surface area (Å²) < 4.78 is 6.13. The molecule has 3 rings (SSSR count). The lowest BCUT2D eigenvalue weighted by molar-refractivity contribution is -0.110. The van der Waals surface area contributed by atoms with Gasteiger partial charge in [-0.3, -0.25) is 4.79 Å². The highest BCUT2D eigenvalue weighted by atomic mass is 79.9. The number of nitrogens with one attached hydrogen (secondary N) is 1. The van der Waals surface area contributed by atoms with Crippen LogP contribution >= 0.6 is 43.5 Å². The van der Waals surface area contributed by atoms with Crippen molar-refractivity contribution in [1.82, 2.24) is 0 Å². The van der Waals surface area contributed by atoms with Crippen molar-refractivity contribution in [3.8, 4) is 0 Å². The van der Waals surface area contributed by atoms with Crippen molar-refractivity contribution >= 4 is 72.9 Å². The standard InChI is InChI=1S/C18H12Br2ClNO4/c19-14-6-9(7-15(20)11(14)3-4-26-18(24)25)5-13-12-8-10(21)1-2-16(12)22-17(13)23/h1-2,5-8H,3-4H2,(H,22,23)(H,24,25). The van der Waals surface area contributed by atoms with Crippen molar-refractivity contribution in [2.75, 3.05) is 11.9 Å². The van der Waals surface area contributed by atoms with E-state index < -0.39 is 6.16 Å². The SMILES string of the molecule is O=C(O)OCCc1c(Br)cc(C=C2C(=O)Nc3ccc(Cl)cc32)cc1Br. The Balaban J connectivity index is 1.91. The quantitative estimate of drug-likeness (QED) is 0.423. The number of hydrogen-bond acceptors (Lipinski definition) is 3. The van der Waals surface area contributed by atoms with Gasteiger partial charge in [0.15, 0.2) is 0 Å². The van der Waals surface area contributed by atoms with Gasteiger partial charge in [0.1, 0.15) is 0 Å². The molecule has 0 saturated carbocycles. The van der Waals surface area contributed by atoms with Crippen LogP contribution in [0.2, 0.25) is 5.02 Å². The smallest absolute Gasteiger partial charge is 0.450 e. The van der Waals surface area contributed by atoms with Gasteiger partial charge in [0, 0.05) is 37.2 Å². The van der Waals surface area contributed by atoms with Gasteiger partial charge in [-0.05, 0) is 47.5 Å². The summed E-state index contributed by atoms with van der Waals surface area (Å²) in [6.07, 6.45) is 0.900. The third-order valence-electron chi connectivity index (χ3n) is 3.82. The maximum Gasteiger partial charge on any atom is 0.505 e. The van der Waals surface area contributed by atoms with Crippen molar-refractivity contribution in [3.05, 3.63) is 61.0 Å². The lowest BCUT2D eigenvalue weighted by Crippen LogP contribution is -2.05. The van der Waals surface area contributed by atoms with Crippen LogP contribution in [0.3, 0.4) is 0 Å². The summed E-state index contributed by atoms with van der Waals surface area (Å²) in [6, 6.07) is 8.98. The van der Waals surface area contributed by atoms with Gasteiger partial charge in [-0.1, -0.05) is 43.5 Å². The Morgan fingerprint density at radius 1 is 1.23 bits per heavy atom. The van der Waals surface area contributed by atoms with Gasteiger partial charge in [-0.25, -0.2) is 4.79 Å². The Kier molecular flexibility index (Phi) is 5.70. The van der Waals surface area contributed by atoms with E-state index in [-0.39, 0.29) is 12.5 Å². The van der Waals surface area contributed by atoms with E-state index in [0.717, 1.165) is 31.3 Å². The normalized spacial score (nSPS) is 14.3. The second kappa shape index (κ2) is 7.82. The van der Waals surface area contributed by atoms with Gasteiger partial charge >= 0.3 is 6.16 Å². The van der Waals surface area contributed by atoms with Crippen LogP contribution in [-0.2, 0) is 16.0 Å². The molecule has 0 radical (unpaired) electrons. The summed E-state index contributed by atoms with van der Waals surface area (Å²) in [5, 5.41) is 11.9. The number of fused-ring (bicyclic) bond motifs is 1. The van der Waals surface area contributed by atoms with Crippen LogP contribution in [0.4, 0.5) is 10.5 Å². The average molecular weight is 502 g/mol. The predicted octanol–water partition coefficient (Wildman–Crippen LogP) is 5.59. The lowest BCUT2D eigenvalue weighted by Gasteiger charge is -2.09. The van der Waals surface area contributed by atoms with E-state index in [1.807, 2.05) is 12.1 Å². The molecule has 26 heavy (non-hydrogen) atoms. The molecule has 0 aromatic heterocycles. The van der Waals surface area contributed by atoms with Crippen molar-refractivity contribution in [2.45, 2.75) is 6.42 Å². The average Bonchev–Trinajstić information content (AvgIpc) is 2.85. The minimum Gasteiger partial charge on any atom is -0.450 e. The topological polar surface area (TPSA) is 75.6 Å². The van der Waals surface area contributed by atoms with Crippen molar-refractivity contribution in [2.24, 2.45) is 0 Å². The third kappa shape index (κ3) is 4.11. The summed E-state index contributed by atoms with van der Waals surface area (Å²) in [5.74, 6) is -0.187. The molecule has 0 aliphatic carbocycles. The fraction of sp³-hybridized carbons (Fsp3) is 0.111. The number of carbonyl (C=O) groups excluding carboxylic acids is 1. The molecule has 1 amide bonds. The van der Waals surface area contributed by atoms with Gasteiger partial charge in [-0.2, -0.15) is 0 Å². The monoisotopic (exact) mass is 499 g/mol. The van der Waals surface area contributed by atoms with Crippen LogP contribution in [0.25, 0.3) is 11.6 Å². The number of benzene rings is 2. The molecule has 2 aromatic rings. The summed E-state index contributed by atoms with van der Waals surface area (Å²) in [7, 11) is 0. The number of ether oxygens (including phenoxy) is 1. The van der Waals surface area contributed by atoms with Crippen molar-refractivity contribution in [1.29, 1.82) is 0 Å². The highest BCUT2D eigenvalue weighted by Gasteiger charge is 2.24. The van der Waals surface area contributed by atoms with Crippen LogP contribution in [0.1, 0.15) is 16.7 Å². The molecule has 0 bridgehead atoms. The molecule has 1 heterocycles. The molecule has 0 saturated heterocycles. The molecular weight excluding hydrogens is 489 g/mol. The first kappa shape index (κ1) is 18.9. The van der Waals surface area contributed by atoms with Gasteiger partial charge in [0.25, 0.3) is 5.91 Å². The van der Waals surface area contributed by atoms with Crippen LogP contribution < -0.4 is 5.32 Å². The Morgan fingerprint density at radius 2 is 1.92 bits per heavy atom. The van der Waals surface area contributed by atoms with E-state index in [2.05, 4.69) is 41.9 Å². The number of amides is 1. The highest BCUT2D eigenvalue weighted by Crippen LogP contribution is 2.36. The first-order valence-corrected chi connectivity index (χ1v) is 9.48. The van der Waals surface area contributed by atoms with E-state index in [9.17, 15) is 9.59 Å². The zero-order valence-corrected chi connectivity index (χ0v) is 17.1. The zero-order chi connectivity index (χ0) is 18.8. The minimum atomic E-state index is -1.30. The summed E-state index contributed by atoms with van der Waals surface area (Å²) >= 11 is 13.0. The Labute approximate surface area is 171 Å². The second-order valence-corrected chi connectivity index (χ2v) is 7.67. The first-order chi connectivity index (χ1) is 12.3. The first-order valence-electron chi connectivity index (χ1n) is 7.52. The number of rotatable bonds is 4. The summed E-state index contributed by atoms with van der Waals surface area (Å²) in [5.41, 5.74) is 3.71. The molecule has 0 spiro atoms. The molecular formula is C18H12Br2ClNO4. The molecule has 5 nitrogen and oxygen atoms in total. The van der Waals surface area contributed by atoms with Crippen LogP contribution in [-0.4, -0.2) is 23.8 Å². The molecule has 134 valence electrons. The molecule has 1 aliphatic rings. The molecule has 1 aliphatic heterocycles. The van der Waals surface area contributed by atoms with E-state index in [0.29, 0.717) is 17.0 Å². The maximum atomic E-state index is 12.3. The van der Waals surface area contributed by atoms with E-state index in [1.165, 1.54) is 0 Å². The number of halogens is 3. The fourth-order valence-electron chi connectivity index (χ4n) is 2.66. The Hall–Kier alpha value is -1.83. The molecule has 2 N–H and O–H groups in total. The summed E-state index contributed by atoms with van der Waals surface area (Å²) in [4.78, 5) is 22.7.